The molecule has 0 atom stereocenters. The van der Waals surface area contributed by atoms with Gasteiger partial charge in [-0.05, 0) is 36.8 Å². The van der Waals surface area contributed by atoms with Crippen LogP contribution in [0.4, 0.5) is 11.4 Å². The van der Waals surface area contributed by atoms with Gasteiger partial charge in [0, 0.05) is 13.1 Å². The second-order valence-corrected chi connectivity index (χ2v) is 6.33. The molecule has 1 aliphatic heterocycles. The fraction of sp³-hybridized carbons (Fsp3) is 0.158. The number of esters is 1. The molecular weight excluding hydrogens is 382 g/mol. The summed E-state index contributed by atoms with van der Waals surface area (Å²) in [7, 11) is 1.33. The number of rotatable bonds is 5. The van der Waals surface area contributed by atoms with E-state index < -0.39 is 35.2 Å². The van der Waals surface area contributed by atoms with E-state index in [4.69, 9.17) is 4.74 Å². The first-order chi connectivity index (χ1) is 13.7. The van der Waals surface area contributed by atoms with Crippen molar-refractivity contribution in [2.45, 2.75) is 6.92 Å². The number of nitrogens with zero attached hydrogens (tertiary/aromatic N) is 2. The molecule has 1 aliphatic rings. The second-order valence-electron chi connectivity index (χ2n) is 6.33. The Kier molecular flexibility index (Phi) is 5.09. The highest BCUT2D eigenvalue weighted by Gasteiger charge is 2.33. The van der Waals surface area contributed by atoms with Crippen molar-refractivity contribution in [1.29, 1.82) is 0 Å². The molecule has 148 valence electrons. The summed E-state index contributed by atoms with van der Waals surface area (Å²) in [6.07, 6.45) is 0. The van der Waals surface area contributed by atoms with Crippen molar-refractivity contribution in [3.63, 3.8) is 0 Å². The highest BCUT2D eigenvalue weighted by molar-refractivity contribution is 6.21. The van der Waals surface area contributed by atoms with Crippen molar-refractivity contribution >= 4 is 35.1 Å². The SMILES string of the molecule is Cc1ccc(NC(=O)COC(=O)c2ccc3c(c2)C(=O)N(C)C3=O)c([N+](=O)[O-])c1. The van der Waals surface area contributed by atoms with Crippen LogP contribution in [0.3, 0.4) is 0 Å². The normalized spacial score (nSPS) is 12.6. The molecule has 0 saturated heterocycles. The van der Waals surface area contributed by atoms with Crippen molar-refractivity contribution in [2.75, 3.05) is 19.0 Å². The van der Waals surface area contributed by atoms with Crippen LogP contribution in [0.5, 0.6) is 0 Å². The number of hydrogen-bond donors (Lipinski definition) is 1. The van der Waals surface area contributed by atoms with Crippen LogP contribution in [0.15, 0.2) is 36.4 Å². The number of nitrogens with one attached hydrogen (secondary N) is 1. The first kappa shape index (κ1) is 19.7. The van der Waals surface area contributed by atoms with E-state index in [2.05, 4.69) is 5.32 Å². The fourth-order valence-corrected chi connectivity index (χ4v) is 2.79. The van der Waals surface area contributed by atoms with Gasteiger partial charge in [0.05, 0.1) is 21.6 Å². The van der Waals surface area contributed by atoms with Crippen LogP contribution in [0.1, 0.15) is 36.6 Å². The lowest BCUT2D eigenvalue weighted by atomic mass is 10.1. The van der Waals surface area contributed by atoms with E-state index in [1.165, 1.54) is 37.4 Å². The fourth-order valence-electron chi connectivity index (χ4n) is 2.79. The number of nitro groups is 1. The number of fused-ring (bicyclic) bond motifs is 1. The van der Waals surface area contributed by atoms with Gasteiger partial charge in [-0.1, -0.05) is 6.07 Å². The lowest BCUT2D eigenvalue weighted by Gasteiger charge is -2.08. The van der Waals surface area contributed by atoms with Gasteiger partial charge >= 0.3 is 5.97 Å². The molecule has 3 amide bonds. The van der Waals surface area contributed by atoms with Crippen LogP contribution in [-0.4, -0.2) is 47.2 Å². The van der Waals surface area contributed by atoms with Crippen LogP contribution in [0.2, 0.25) is 0 Å². The third-order valence-electron chi connectivity index (χ3n) is 4.28. The number of carbonyl (C=O) groups is 4. The van der Waals surface area contributed by atoms with Gasteiger partial charge in [-0.25, -0.2) is 4.79 Å². The molecule has 2 aromatic rings. The molecule has 10 nitrogen and oxygen atoms in total. The van der Waals surface area contributed by atoms with Crippen molar-refractivity contribution in [1.82, 2.24) is 4.90 Å². The molecule has 3 rings (SSSR count). The number of anilines is 1. The minimum Gasteiger partial charge on any atom is -0.452 e. The molecule has 0 unspecified atom stereocenters. The van der Waals surface area contributed by atoms with Crippen molar-refractivity contribution in [3.05, 3.63) is 68.8 Å². The Morgan fingerprint density at radius 2 is 1.79 bits per heavy atom. The maximum Gasteiger partial charge on any atom is 0.338 e. The van der Waals surface area contributed by atoms with E-state index in [1.807, 2.05) is 0 Å². The summed E-state index contributed by atoms with van der Waals surface area (Å²) >= 11 is 0. The van der Waals surface area contributed by atoms with Gasteiger partial charge in [-0.15, -0.1) is 0 Å². The Balaban J connectivity index is 1.66. The number of aryl methyl sites for hydroxylation is 1. The average molecular weight is 397 g/mol. The molecule has 1 N–H and O–H groups in total. The zero-order chi connectivity index (χ0) is 21.3. The van der Waals surface area contributed by atoms with E-state index in [9.17, 15) is 29.3 Å². The minimum atomic E-state index is -0.879. The summed E-state index contributed by atoms with van der Waals surface area (Å²) in [6.45, 7) is 0.987. The van der Waals surface area contributed by atoms with Gasteiger partial charge in [-0.3, -0.25) is 29.4 Å². The van der Waals surface area contributed by atoms with Crippen LogP contribution in [-0.2, 0) is 9.53 Å². The first-order valence-corrected chi connectivity index (χ1v) is 8.37. The monoisotopic (exact) mass is 397 g/mol. The molecule has 0 aromatic heterocycles. The third-order valence-corrected chi connectivity index (χ3v) is 4.28. The van der Waals surface area contributed by atoms with Crippen LogP contribution < -0.4 is 5.32 Å². The van der Waals surface area contributed by atoms with Crippen molar-refractivity contribution < 1.29 is 28.8 Å². The van der Waals surface area contributed by atoms with Gasteiger partial charge in [0.15, 0.2) is 6.61 Å². The van der Waals surface area contributed by atoms with Crippen molar-refractivity contribution in [2.24, 2.45) is 0 Å². The maximum atomic E-state index is 12.2. The molecule has 29 heavy (non-hydrogen) atoms. The summed E-state index contributed by atoms with van der Waals surface area (Å²) < 4.78 is 4.90. The summed E-state index contributed by atoms with van der Waals surface area (Å²) in [5, 5.41) is 13.4. The number of nitro benzene ring substituents is 1. The Bertz CT molecular complexity index is 1080. The smallest absolute Gasteiger partial charge is 0.338 e. The second kappa shape index (κ2) is 7.50. The maximum absolute atomic E-state index is 12.2. The van der Waals surface area contributed by atoms with E-state index in [1.54, 1.807) is 13.0 Å². The summed E-state index contributed by atoms with van der Waals surface area (Å²) in [5.41, 5.74) is 0.595. The van der Waals surface area contributed by atoms with E-state index in [0.717, 1.165) is 4.90 Å². The third kappa shape index (κ3) is 3.81. The van der Waals surface area contributed by atoms with E-state index in [-0.39, 0.29) is 28.1 Å². The average Bonchev–Trinajstić information content (AvgIpc) is 2.91. The molecule has 0 fully saturated rings. The molecule has 0 radical (unpaired) electrons. The topological polar surface area (TPSA) is 136 Å². The number of imide groups is 1. The van der Waals surface area contributed by atoms with E-state index in [0.29, 0.717) is 5.56 Å². The number of benzene rings is 2. The predicted octanol–water partition coefficient (Wildman–Crippen LogP) is 1.92. The zero-order valence-electron chi connectivity index (χ0n) is 15.4. The van der Waals surface area contributed by atoms with Gasteiger partial charge in [0.2, 0.25) is 0 Å². The highest BCUT2D eigenvalue weighted by Crippen LogP contribution is 2.25. The van der Waals surface area contributed by atoms with Crippen LogP contribution >= 0.6 is 0 Å². The number of hydrogen-bond acceptors (Lipinski definition) is 7. The standard InChI is InChI=1S/C19H15N3O7/c1-10-3-6-14(15(7-10)22(27)28)20-16(23)9-29-19(26)11-4-5-12-13(8-11)18(25)21(2)17(12)24/h3-8H,9H2,1-2H3,(H,20,23). The lowest BCUT2D eigenvalue weighted by molar-refractivity contribution is -0.384. The Morgan fingerprint density at radius 3 is 2.48 bits per heavy atom. The Hall–Kier alpha value is -4.08. The molecular formula is C19H15N3O7. The predicted molar refractivity (Wildman–Crippen MR) is 99.6 cm³/mol. The minimum absolute atomic E-state index is 0.00526. The summed E-state index contributed by atoms with van der Waals surface area (Å²) in [5.74, 6) is -2.65. The number of amides is 3. The van der Waals surface area contributed by atoms with Crippen LogP contribution in [0, 0.1) is 17.0 Å². The van der Waals surface area contributed by atoms with Gasteiger partial charge in [0.25, 0.3) is 23.4 Å². The van der Waals surface area contributed by atoms with Gasteiger partial charge < -0.3 is 10.1 Å². The van der Waals surface area contributed by atoms with Crippen molar-refractivity contribution in [3.8, 4) is 0 Å². The Labute approximate surface area is 164 Å². The zero-order valence-corrected chi connectivity index (χ0v) is 15.4. The quantitative estimate of drug-likeness (QED) is 0.352. The molecule has 0 bridgehead atoms. The number of ether oxygens (including phenoxy) is 1. The number of carbonyl (C=O) groups excluding carboxylic acids is 4. The van der Waals surface area contributed by atoms with Gasteiger partial charge in [0.1, 0.15) is 5.69 Å². The molecule has 2 aromatic carbocycles. The highest BCUT2D eigenvalue weighted by atomic mass is 16.6. The summed E-state index contributed by atoms with van der Waals surface area (Å²) in [6, 6.07) is 8.16. The molecule has 1 heterocycles. The summed E-state index contributed by atoms with van der Waals surface area (Å²) in [4.78, 5) is 59.4. The molecule has 0 aliphatic carbocycles. The molecule has 10 heteroatoms. The van der Waals surface area contributed by atoms with Crippen LogP contribution in [0.25, 0.3) is 0 Å². The molecule has 0 spiro atoms. The molecule has 0 saturated carbocycles. The largest absolute Gasteiger partial charge is 0.452 e. The first-order valence-electron chi connectivity index (χ1n) is 8.37. The Morgan fingerprint density at radius 1 is 1.10 bits per heavy atom. The van der Waals surface area contributed by atoms with Gasteiger partial charge in [-0.2, -0.15) is 0 Å². The lowest BCUT2D eigenvalue weighted by Crippen LogP contribution is -2.24. The van der Waals surface area contributed by atoms with E-state index >= 15 is 0 Å².